The average molecular weight is 252 g/mol. The van der Waals surface area contributed by atoms with E-state index in [2.05, 4.69) is 18.9 Å². The highest BCUT2D eigenvalue weighted by molar-refractivity contribution is 6.45. The van der Waals surface area contributed by atoms with Crippen molar-refractivity contribution in [2.45, 2.75) is 52.2 Å². The van der Waals surface area contributed by atoms with Crippen LogP contribution in [0.3, 0.4) is 0 Å². The molecule has 1 N–H and O–H groups in total. The molecular formula is C13H25BN2O2. The summed E-state index contributed by atoms with van der Waals surface area (Å²) in [5.74, 6) is 0.463. The van der Waals surface area contributed by atoms with Crippen LogP contribution in [0.5, 0.6) is 0 Å². The molecule has 5 heteroatoms. The van der Waals surface area contributed by atoms with Gasteiger partial charge in [0.05, 0.1) is 16.8 Å². The van der Waals surface area contributed by atoms with Gasteiger partial charge < -0.3 is 9.76 Å². The highest BCUT2D eigenvalue weighted by Crippen LogP contribution is 2.31. The number of hydrogen-bond donors (Lipinski definition) is 1. The van der Waals surface area contributed by atoms with Crippen LogP contribution in [0.25, 0.3) is 0 Å². The summed E-state index contributed by atoms with van der Waals surface area (Å²) < 4.78 is 7.73. The topological polar surface area (TPSA) is 47.3 Å². The summed E-state index contributed by atoms with van der Waals surface area (Å²) in [5.41, 5.74) is -0.568. The first-order valence-corrected chi connectivity index (χ1v) is 6.49. The summed E-state index contributed by atoms with van der Waals surface area (Å²) >= 11 is 0. The molecule has 0 aliphatic carbocycles. The van der Waals surface area contributed by atoms with Gasteiger partial charge in [-0.05, 0) is 39.2 Å². The third-order valence-corrected chi connectivity index (χ3v) is 3.40. The molecule has 1 heterocycles. The van der Waals surface area contributed by atoms with E-state index in [1.807, 2.05) is 26.2 Å². The quantitative estimate of drug-likeness (QED) is 0.768. The van der Waals surface area contributed by atoms with Crippen LogP contribution in [0.4, 0.5) is 0 Å². The fraction of sp³-hybridized carbons (Fsp3) is 0.769. The zero-order chi connectivity index (χ0) is 14.0. The number of aryl methyl sites for hydroxylation is 1. The standard InChI is InChI=1S/C13H25BN2O2/c1-10(2)9-13(5,12(3,4)17)18-14-11-7-8-16(6)15-11/h7-8,10,14,17H,9H2,1-6H3. The van der Waals surface area contributed by atoms with Crippen LogP contribution < -0.4 is 5.59 Å². The molecule has 1 aromatic heterocycles. The fourth-order valence-corrected chi connectivity index (χ4v) is 2.04. The summed E-state index contributed by atoms with van der Waals surface area (Å²) in [6.45, 7) is 9.83. The highest BCUT2D eigenvalue weighted by Gasteiger charge is 2.40. The molecule has 0 aromatic carbocycles. The van der Waals surface area contributed by atoms with Crippen molar-refractivity contribution in [3.05, 3.63) is 12.3 Å². The maximum atomic E-state index is 10.3. The molecule has 1 unspecified atom stereocenters. The van der Waals surface area contributed by atoms with Crippen molar-refractivity contribution in [3.63, 3.8) is 0 Å². The Morgan fingerprint density at radius 3 is 2.44 bits per heavy atom. The molecule has 1 rings (SSSR count). The number of aromatic nitrogens is 2. The number of aliphatic hydroxyl groups is 1. The van der Waals surface area contributed by atoms with Crippen LogP contribution in [-0.2, 0) is 11.7 Å². The van der Waals surface area contributed by atoms with E-state index in [1.165, 1.54) is 0 Å². The van der Waals surface area contributed by atoms with Gasteiger partial charge in [-0.2, -0.15) is 5.10 Å². The van der Waals surface area contributed by atoms with Gasteiger partial charge in [-0.1, -0.05) is 13.8 Å². The summed E-state index contributed by atoms with van der Waals surface area (Å²) in [5, 5.41) is 14.6. The zero-order valence-electron chi connectivity index (χ0n) is 12.4. The van der Waals surface area contributed by atoms with Crippen molar-refractivity contribution < 1.29 is 9.76 Å². The second-order valence-corrected chi connectivity index (χ2v) is 6.16. The van der Waals surface area contributed by atoms with Crippen molar-refractivity contribution in [1.82, 2.24) is 9.78 Å². The van der Waals surface area contributed by atoms with E-state index < -0.39 is 11.2 Å². The third-order valence-electron chi connectivity index (χ3n) is 3.40. The van der Waals surface area contributed by atoms with Gasteiger partial charge in [0.25, 0.3) is 0 Å². The Labute approximate surface area is 111 Å². The van der Waals surface area contributed by atoms with Crippen molar-refractivity contribution >= 4 is 13.1 Å². The van der Waals surface area contributed by atoms with Gasteiger partial charge in [0.1, 0.15) is 0 Å². The molecule has 0 spiro atoms. The smallest absolute Gasteiger partial charge is 0.331 e. The van der Waals surface area contributed by atoms with Gasteiger partial charge in [0, 0.05) is 13.2 Å². The van der Waals surface area contributed by atoms with Crippen molar-refractivity contribution in [2.75, 3.05) is 0 Å². The highest BCUT2D eigenvalue weighted by atomic mass is 16.5. The van der Waals surface area contributed by atoms with E-state index in [0.717, 1.165) is 12.0 Å². The van der Waals surface area contributed by atoms with Gasteiger partial charge in [0.15, 0.2) is 0 Å². The van der Waals surface area contributed by atoms with E-state index in [1.54, 1.807) is 18.5 Å². The summed E-state index contributed by atoms with van der Waals surface area (Å²) in [4.78, 5) is 0. The van der Waals surface area contributed by atoms with E-state index in [-0.39, 0.29) is 0 Å². The normalized spacial score (nSPS) is 15.8. The monoisotopic (exact) mass is 252 g/mol. The second kappa shape index (κ2) is 5.45. The van der Waals surface area contributed by atoms with Crippen LogP contribution in [0, 0.1) is 5.92 Å². The minimum Gasteiger partial charge on any atom is -0.425 e. The van der Waals surface area contributed by atoms with Crippen LogP contribution in [-0.4, -0.2) is 33.6 Å². The van der Waals surface area contributed by atoms with E-state index in [4.69, 9.17) is 4.65 Å². The molecule has 0 amide bonds. The molecule has 1 aromatic rings. The van der Waals surface area contributed by atoms with Crippen molar-refractivity contribution in [1.29, 1.82) is 0 Å². The molecule has 0 saturated carbocycles. The molecule has 4 nitrogen and oxygen atoms in total. The lowest BCUT2D eigenvalue weighted by molar-refractivity contribution is -0.111. The lowest BCUT2D eigenvalue weighted by atomic mass is 9.78. The lowest BCUT2D eigenvalue weighted by Crippen LogP contribution is -2.52. The second-order valence-electron chi connectivity index (χ2n) is 6.16. The number of nitrogens with zero attached hydrogens (tertiary/aromatic N) is 2. The molecular weight excluding hydrogens is 227 g/mol. The molecule has 0 aliphatic rings. The molecule has 0 aliphatic heterocycles. The molecule has 0 fully saturated rings. The first-order valence-electron chi connectivity index (χ1n) is 6.49. The lowest BCUT2D eigenvalue weighted by Gasteiger charge is -2.42. The van der Waals surface area contributed by atoms with Gasteiger partial charge in [0.2, 0.25) is 0 Å². The minimum atomic E-state index is -0.883. The predicted molar refractivity (Wildman–Crippen MR) is 75.2 cm³/mol. The van der Waals surface area contributed by atoms with Gasteiger partial charge >= 0.3 is 7.48 Å². The molecule has 102 valence electrons. The Balaban J connectivity index is 2.73. The number of rotatable bonds is 6. The van der Waals surface area contributed by atoms with Gasteiger partial charge in [-0.15, -0.1) is 0 Å². The van der Waals surface area contributed by atoms with Crippen LogP contribution in [0.2, 0.25) is 0 Å². The largest absolute Gasteiger partial charge is 0.425 e. The van der Waals surface area contributed by atoms with E-state index in [9.17, 15) is 5.11 Å². The number of hydrogen-bond acceptors (Lipinski definition) is 3. The van der Waals surface area contributed by atoms with Gasteiger partial charge in [-0.25, -0.2) is 0 Å². The van der Waals surface area contributed by atoms with E-state index in [0.29, 0.717) is 13.4 Å². The van der Waals surface area contributed by atoms with Crippen LogP contribution >= 0.6 is 0 Å². The maximum absolute atomic E-state index is 10.3. The van der Waals surface area contributed by atoms with Crippen molar-refractivity contribution in [2.24, 2.45) is 13.0 Å². The predicted octanol–water partition coefficient (Wildman–Crippen LogP) is 0.989. The Bertz CT molecular complexity index is 385. The fourth-order valence-electron chi connectivity index (χ4n) is 2.04. The average Bonchev–Trinajstić information content (AvgIpc) is 2.58. The Morgan fingerprint density at radius 2 is 2.06 bits per heavy atom. The van der Waals surface area contributed by atoms with E-state index >= 15 is 0 Å². The Hall–Kier alpha value is -0.805. The molecule has 1 atom stereocenters. The zero-order valence-corrected chi connectivity index (χ0v) is 12.4. The van der Waals surface area contributed by atoms with Crippen LogP contribution in [0.1, 0.15) is 41.0 Å². The summed E-state index contributed by atoms with van der Waals surface area (Å²) in [6, 6.07) is 1.93. The molecule has 18 heavy (non-hydrogen) atoms. The first-order chi connectivity index (χ1) is 8.14. The Morgan fingerprint density at radius 1 is 1.44 bits per heavy atom. The minimum absolute atomic E-state index is 0.425. The van der Waals surface area contributed by atoms with Crippen LogP contribution in [0.15, 0.2) is 12.3 Å². The maximum Gasteiger partial charge on any atom is 0.331 e. The SMILES string of the molecule is CC(C)CC(C)(OBc1ccn(C)n1)C(C)(C)O. The van der Waals surface area contributed by atoms with Crippen molar-refractivity contribution in [3.8, 4) is 0 Å². The summed E-state index contributed by atoms with van der Waals surface area (Å²) in [7, 11) is 2.31. The molecule has 0 bridgehead atoms. The first kappa shape index (κ1) is 15.3. The molecule has 0 radical (unpaired) electrons. The third kappa shape index (κ3) is 3.85. The molecule has 0 saturated heterocycles. The van der Waals surface area contributed by atoms with Gasteiger partial charge in [-0.3, -0.25) is 4.68 Å². The summed E-state index contributed by atoms with van der Waals surface area (Å²) in [6.07, 6.45) is 2.70. The Kier molecular flexibility index (Phi) is 4.62.